The van der Waals surface area contributed by atoms with Crippen molar-refractivity contribution in [2.45, 2.75) is 6.61 Å². The second-order valence-corrected chi connectivity index (χ2v) is 7.44. The number of aryl methyl sites for hydroxylation is 1. The molecule has 2 aromatic heterocycles. The third kappa shape index (κ3) is 3.30. The van der Waals surface area contributed by atoms with E-state index in [9.17, 15) is 5.26 Å². The fourth-order valence-electron chi connectivity index (χ4n) is 3.99. The molecular weight excluding hydrogens is 400 g/mol. The molecule has 6 heteroatoms. The third-order valence-corrected chi connectivity index (χ3v) is 5.49. The zero-order valence-electron chi connectivity index (χ0n) is 17.7. The molecule has 0 saturated carbocycles. The molecule has 0 amide bonds. The Morgan fingerprint density at radius 1 is 0.969 bits per heavy atom. The molecule has 0 aliphatic rings. The summed E-state index contributed by atoms with van der Waals surface area (Å²) in [4.78, 5) is 4.59. The van der Waals surface area contributed by atoms with Gasteiger partial charge in [-0.3, -0.25) is 9.67 Å². The molecule has 0 radical (unpaired) electrons. The lowest BCUT2D eigenvalue weighted by atomic mass is 10.00. The first-order chi connectivity index (χ1) is 15.7. The first-order valence-corrected chi connectivity index (χ1v) is 10.2. The molecule has 5 aromatic rings. The Bertz CT molecular complexity index is 1480. The summed E-state index contributed by atoms with van der Waals surface area (Å²) in [5, 5.41) is 16.1. The monoisotopic (exact) mass is 420 g/mol. The lowest BCUT2D eigenvalue weighted by molar-refractivity contribution is 0.285. The third-order valence-electron chi connectivity index (χ3n) is 5.49. The van der Waals surface area contributed by atoms with Gasteiger partial charge in [-0.15, -0.1) is 0 Å². The van der Waals surface area contributed by atoms with Crippen molar-refractivity contribution < 1.29 is 9.47 Å². The molecule has 0 aliphatic heterocycles. The maximum atomic E-state index is 9.66. The number of methoxy groups -OCH3 is 1. The number of ether oxygens (including phenoxy) is 2. The van der Waals surface area contributed by atoms with Crippen LogP contribution in [0.5, 0.6) is 11.5 Å². The maximum absolute atomic E-state index is 9.66. The molecule has 0 spiro atoms. The summed E-state index contributed by atoms with van der Waals surface area (Å²) in [5.41, 5.74) is 4.87. The summed E-state index contributed by atoms with van der Waals surface area (Å²) >= 11 is 0. The quantitative estimate of drug-likeness (QED) is 0.388. The predicted octanol–water partition coefficient (Wildman–Crippen LogP) is 5.25. The van der Waals surface area contributed by atoms with E-state index in [0.29, 0.717) is 23.7 Å². The van der Waals surface area contributed by atoms with E-state index in [0.717, 1.165) is 38.6 Å². The van der Waals surface area contributed by atoms with Gasteiger partial charge in [-0.2, -0.15) is 10.4 Å². The molecule has 5 rings (SSSR count). The molecule has 0 N–H and O–H groups in total. The largest absolute Gasteiger partial charge is 0.493 e. The summed E-state index contributed by atoms with van der Waals surface area (Å²) in [6.45, 7) is 0.420. The number of nitriles is 1. The number of pyridine rings is 1. The smallest absolute Gasteiger partial charge is 0.162 e. The minimum absolute atomic E-state index is 0.420. The van der Waals surface area contributed by atoms with Crippen molar-refractivity contribution in [3.8, 4) is 28.8 Å². The highest BCUT2D eigenvalue weighted by molar-refractivity contribution is 6.12. The molecular formula is C26H20N4O2. The average Bonchev–Trinajstić information content (AvgIpc) is 3.18. The van der Waals surface area contributed by atoms with E-state index in [4.69, 9.17) is 9.47 Å². The zero-order valence-corrected chi connectivity index (χ0v) is 17.7. The van der Waals surface area contributed by atoms with E-state index in [1.807, 2.05) is 73.8 Å². The van der Waals surface area contributed by atoms with Gasteiger partial charge in [0, 0.05) is 29.4 Å². The van der Waals surface area contributed by atoms with Crippen molar-refractivity contribution in [3.63, 3.8) is 0 Å². The SMILES string of the molecule is COc1cc2ncc3nn(C)c(-c4ccccc4C#N)c3c2cc1OCc1ccccc1. The minimum Gasteiger partial charge on any atom is -0.493 e. The summed E-state index contributed by atoms with van der Waals surface area (Å²) in [6.07, 6.45) is 1.75. The second-order valence-electron chi connectivity index (χ2n) is 7.44. The van der Waals surface area contributed by atoms with Crippen LogP contribution in [0, 0.1) is 11.3 Å². The minimum atomic E-state index is 0.420. The summed E-state index contributed by atoms with van der Waals surface area (Å²) < 4.78 is 13.5. The van der Waals surface area contributed by atoms with E-state index in [1.165, 1.54) is 0 Å². The van der Waals surface area contributed by atoms with Crippen molar-refractivity contribution >= 4 is 21.8 Å². The summed E-state index contributed by atoms with van der Waals surface area (Å²) in [7, 11) is 3.50. The Labute approximate surface area is 185 Å². The van der Waals surface area contributed by atoms with Gasteiger partial charge in [-0.25, -0.2) is 0 Å². The average molecular weight is 420 g/mol. The fraction of sp³-hybridized carbons (Fsp3) is 0.115. The van der Waals surface area contributed by atoms with Gasteiger partial charge in [0.05, 0.1) is 36.1 Å². The van der Waals surface area contributed by atoms with Gasteiger partial charge < -0.3 is 9.47 Å². The second kappa shape index (κ2) is 8.05. The van der Waals surface area contributed by atoms with Crippen LogP contribution in [0.1, 0.15) is 11.1 Å². The number of benzene rings is 3. The molecule has 32 heavy (non-hydrogen) atoms. The molecule has 0 saturated heterocycles. The summed E-state index contributed by atoms with van der Waals surface area (Å²) in [6, 6.07) is 23.6. The van der Waals surface area contributed by atoms with Crippen LogP contribution in [-0.4, -0.2) is 21.9 Å². The van der Waals surface area contributed by atoms with Gasteiger partial charge >= 0.3 is 0 Å². The molecule has 2 heterocycles. The van der Waals surface area contributed by atoms with E-state index in [-0.39, 0.29) is 0 Å². The van der Waals surface area contributed by atoms with Crippen LogP contribution in [-0.2, 0) is 13.7 Å². The standard InChI is InChI=1S/C26H20N4O2/c1-30-26(19-11-7-6-10-18(19)14-27)25-20-12-24(32-16-17-8-4-3-5-9-17)23(31-2)13-21(20)28-15-22(25)29-30/h3-13,15H,16H2,1-2H3. The number of hydrogen-bond acceptors (Lipinski definition) is 5. The summed E-state index contributed by atoms with van der Waals surface area (Å²) in [5.74, 6) is 1.24. The lowest BCUT2D eigenvalue weighted by Gasteiger charge is -2.13. The highest BCUT2D eigenvalue weighted by atomic mass is 16.5. The molecule has 0 atom stereocenters. The Balaban J connectivity index is 1.72. The van der Waals surface area contributed by atoms with Crippen LogP contribution in [0.15, 0.2) is 72.9 Å². The Hall–Kier alpha value is -4.37. The highest BCUT2D eigenvalue weighted by Gasteiger charge is 2.19. The van der Waals surface area contributed by atoms with E-state index < -0.39 is 0 Å². The first-order valence-electron chi connectivity index (χ1n) is 10.2. The lowest BCUT2D eigenvalue weighted by Crippen LogP contribution is -1.98. The number of fused-ring (bicyclic) bond motifs is 3. The van der Waals surface area contributed by atoms with Crippen molar-refractivity contribution in [1.29, 1.82) is 5.26 Å². The maximum Gasteiger partial charge on any atom is 0.162 e. The van der Waals surface area contributed by atoms with Gasteiger partial charge in [0.2, 0.25) is 0 Å². The van der Waals surface area contributed by atoms with Gasteiger partial charge in [0.15, 0.2) is 11.5 Å². The van der Waals surface area contributed by atoms with E-state index >= 15 is 0 Å². The molecule has 3 aromatic carbocycles. The van der Waals surface area contributed by atoms with Gasteiger partial charge in [-0.05, 0) is 17.7 Å². The molecule has 0 bridgehead atoms. The van der Waals surface area contributed by atoms with Gasteiger partial charge in [-0.1, -0.05) is 48.5 Å². The Morgan fingerprint density at radius 3 is 2.53 bits per heavy atom. The molecule has 0 fully saturated rings. The van der Waals surface area contributed by atoms with Crippen LogP contribution in [0.25, 0.3) is 33.1 Å². The predicted molar refractivity (Wildman–Crippen MR) is 123 cm³/mol. The molecule has 0 aliphatic carbocycles. The van der Waals surface area contributed by atoms with Gasteiger partial charge in [0.1, 0.15) is 12.1 Å². The van der Waals surface area contributed by atoms with E-state index in [1.54, 1.807) is 18.0 Å². The topological polar surface area (TPSA) is 73.0 Å². The normalized spacial score (nSPS) is 10.9. The van der Waals surface area contributed by atoms with Crippen molar-refractivity contribution in [1.82, 2.24) is 14.8 Å². The van der Waals surface area contributed by atoms with E-state index in [2.05, 4.69) is 16.2 Å². The number of aromatic nitrogens is 3. The van der Waals surface area contributed by atoms with Crippen molar-refractivity contribution in [2.24, 2.45) is 7.05 Å². The Kier molecular flexibility index (Phi) is 4.92. The van der Waals surface area contributed by atoms with Crippen molar-refractivity contribution in [3.05, 3.63) is 84.1 Å². The van der Waals surface area contributed by atoms with Crippen LogP contribution < -0.4 is 9.47 Å². The van der Waals surface area contributed by atoms with Crippen LogP contribution in [0.2, 0.25) is 0 Å². The van der Waals surface area contributed by atoms with Gasteiger partial charge in [0.25, 0.3) is 0 Å². The highest BCUT2D eigenvalue weighted by Crippen LogP contribution is 2.39. The van der Waals surface area contributed by atoms with Crippen molar-refractivity contribution in [2.75, 3.05) is 7.11 Å². The molecule has 6 nitrogen and oxygen atoms in total. The van der Waals surface area contributed by atoms with Crippen LogP contribution >= 0.6 is 0 Å². The van der Waals surface area contributed by atoms with Crippen LogP contribution in [0.3, 0.4) is 0 Å². The number of rotatable bonds is 5. The Morgan fingerprint density at radius 2 is 1.75 bits per heavy atom. The number of hydrogen-bond donors (Lipinski definition) is 0. The number of nitrogens with zero attached hydrogens (tertiary/aromatic N) is 4. The molecule has 0 unspecified atom stereocenters. The fourth-order valence-corrected chi connectivity index (χ4v) is 3.99. The molecule has 156 valence electrons. The van der Waals surface area contributed by atoms with Crippen LogP contribution in [0.4, 0.5) is 0 Å². The zero-order chi connectivity index (χ0) is 22.1. The first kappa shape index (κ1) is 19.6.